The molecule has 0 aliphatic rings. The smallest absolute Gasteiger partial charge is 0.411 e. The molecule has 3 aromatic rings. The lowest BCUT2D eigenvalue weighted by Gasteiger charge is -2.08. The molecule has 164 valence electrons. The van der Waals surface area contributed by atoms with Gasteiger partial charge in [0.25, 0.3) is 5.91 Å². The van der Waals surface area contributed by atoms with Crippen LogP contribution in [0.25, 0.3) is 0 Å². The fourth-order valence-electron chi connectivity index (χ4n) is 2.48. The molecule has 0 aliphatic heterocycles. The van der Waals surface area contributed by atoms with Crippen LogP contribution in [0.4, 0.5) is 18.3 Å². The number of anilines is 1. The summed E-state index contributed by atoms with van der Waals surface area (Å²) in [5.41, 5.74) is 1.90. The third kappa shape index (κ3) is 7.54. The Bertz CT molecular complexity index is 1000. The van der Waals surface area contributed by atoms with Gasteiger partial charge >= 0.3 is 6.18 Å². The highest BCUT2D eigenvalue weighted by Gasteiger charge is 2.27. The van der Waals surface area contributed by atoms with Gasteiger partial charge < -0.3 is 14.5 Å². The van der Waals surface area contributed by atoms with Crippen LogP contribution in [0.2, 0.25) is 0 Å². The highest BCUT2D eigenvalue weighted by Crippen LogP contribution is 2.18. The Morgan fingerprint density at radius 1 is 1.13 bits per heavy atom. The van der Waals surface area contributed by atoms with Crippen LogP contribution in [-0.4, -0.2) is 29.6 Å². The fraction of sp³-hybridized carbons (Fsp3) is 0.250. The molecule has 0 spiro atoms. The van der Waals surface area contributed by atoms with Gasteiger partial charge in [0.2, 0.25) is 5.91 Å². The Morgan fingerprint density at radius 2 is 1.87 bits per heavy atom. The van der Waals surface area contributed by atoms with Crippen LogP contribution >= 0.6 is 11.3 Å². The van der Waals surface area contributed by atoms with Crippen LogP contribution in [0.15, 0.2) is 52.5 Å². The van der Waals surface area contributed by atoms with E-state index in [0.717, 1.165) is 5.56 Å². The van der Waals surface area contributed by atoms with Crippen molar-refractivity contribution in [3.8, 4) is 0 Å². The zero-order chi connectivity index (χ0) is 22.3. The molecule has 1 aromatic carbocycles. The van der Waals surface area contributed by atoms with Crippen LogP contribution in [0.3, 0.4) is 0 Å². The standard InChI is InChI=1S/C20H18F3N3O4S/c21-20(22,23)12-29-10-14-5-3-13(4-6-14)9-24-17(27)8-15-11-31-19(25-15)26-18(28)16-2-1-7-30-16/h1-7,11H,8-10,12H2,(H,24,27)(H,25,26,28). The second-order valence-electron chi connectivity index (χ2n) is 6.45. The third-order valence-electron chi connectivity index (χ3n) is 3.91. The van der Waals surface area contributed by atoms with Crippen molar-refractivity contribution in [1.29, 1.82) is 0 Å². The number of ether oxygens (including phenoxy) is 1. The van der Waals surface area contributed by atoms with E-state index in [1.54, 1.807) is 35.7 Å². The predicted octanol–water partition coefficient (Wildman–Crippen LogP) is 3.93. The summed E-state index contributed by atoms with van der Waals surface area (Å²) in [7, 11) is 0. The minimum absolute atomic E-state index is 0.0382. The third-order valence-corrected chi connectivity index (χ3v) is 4.71. The molecule has 0 bridgehead atoms. The fourth-order valence-corrected chi connectivity index (χ4v) is 3.18. The Labute approximate surface area is 179 Å². The first-order valence-corrected chi connectivity index (χ1v) is 9.95. The molecule has 0 fully saturated rings. The van der Waals surface area contributed by atoms with Crippen molar-refractivity contribution in [2.24, 2.45) is 0 Å². The summed E-state index contributed by atoms with van der Waals surface area (Å²) in [6.45, 7) is -1.18. The van der Waals surface area contributed by atoms with E-state index in [1.165, 1.54) is 23.7 Å². The van der Waals surface area contributed by atoms with E-state index in [4.69, 9.17) is 4.42 Å². The topological polar surface area (TPSA) is 93.5 Å². The van der Waals surface area contributed by atoms with Gasteiger partial charge in [-0.2, -0.15) is 13.2 Å². The van der Waals surface area contributed by atoms with Gasteiger partial charge in [-0.3, -0.25) is 14.9 Å². The maximum atomic E-state index is 12.1. The Morgan fingerprint density at radius 3 is 2.55 bits per heavy atom. The van der Waals surface area contributed by atoms with Gasteiger partial charge in [0.1, 0.15) is 6.61 Å². The molecule has 31 heavy (non-hydrogen) atoms. The van der Waals surface area contributed by atoms with E-state index in [0.29, 0.717) is 16.4 Å². The first kappa shape index (κ1) is 22.5. The summed E-state index contributed by atoms with van der Waals surface area (Å²) in [6.07, 6.45) is -2.93. The number of benzene rings is 1. The second-order valence-corrected chi connectivity index (χ2v) is 7.31. The van der Waals surface area contributed by atoms with Gasteiger partial charge in [-0.1, -0.05) is 24.3 Å². The molecular formula is C20H18F3N3O4S. The van der Waals surface area contributed by atoms with E-state index in [2.05, 4.69) is 20.4 Å². The minimum Gasteiger partial charge on any atom is -0.459 e. The van der Waals surface area contributed by atoms with E-state index in [-0.39, 0.29) is 31.2 Å². The number of carbonyl (C=O) groups is 2. The number of thiazole rings is 1. The largest absolute Gasteiger partial charge is 0.459 e. The number of rotatable bonds is 9. The molecule has 0 aliphatic carbocycles. The number of nitrogens with zero attached hydrogens (tertiary/aromatic N) is 1. The molecule has 2 amide bonds. The molecule has 0 radical (unpaired) electrons. The van der Waals surface area contributed by atoms with Crippen LogP contribution in [0, 0.1) is 0 Å². The average Bonchev–Trinajstić information content (AvgIpc) is 3.39. The van der Waals surface area contributed by atoms with E-state index in [1.807, 2.05) is 0 Å². The van der Waals surface area contributed by atoms with E-state index in [9.17, 15) is 22.8 Å². The number of halogens is 3. The Hall–Kier alpha value is -3.18. The Kier molecular flexibility index (Phi) is 7.42. The summed E-state index contributed by atoms with van der Waals surface area (Å²) in [6, 6.07) is 9.83. The summed E-state index contributed by atoms with van der Waals surface area (Å²) < 4.78 is 45.8. The van der Waals surface area contributed by atoms with E-state index < -0.39 is 18.7 Å². The SMILES string of the molecule is O=C(Cc1csc(NC(=O)c2ccco2)n1)NCc1ccc(COCC(F)(F)F)cc1. The quantitative estimate of drug-likeness (QED) is 0.512. The van der Waals surface area contributed by atoms with Gasteiger partial charge in [0, 0.05) is 11.9 Å². The average molecular weight is 453 g/mol. The molecule has 0 saturated heterocycles. The van der Waals surface area contributed by atoms with Crippen molar-refractivity contribution in [2.75, 3.05) is 11.9 Å². The van der Waals surface area contributed by atoms with E-state index >= 15 is 0 Å². The summed E-state index contributed by atoms with van der Waals surface area (Å²) in [4.78, 5) is 28.3. The molecular weight excluding hydrogens is 435 g/mol. The number of amides is 2. The van der Waals surface area contributed by atoms with Crippen LogP contribution in [0.5, 0.6) is 0 Å². The zero-order valence-corrected chi connectivity index (χ0v) is 16.9. The molecule has 3 rings (SSSR count). The maximum absolute atomic E-state index is 12.1. The monoisotopic (exact) mass is 453 g/mol. The highest BCUT2D eigenvalue weighted by atomic mass is 32.1. The van der Waals surface area contributed by atoms with Gasteiger partial charge in [-0.15, -0.1) is 11.3 Å². The summed E-state index contributed by atoms with van der Waals surface area (Å²) in [5.74, 6) is -0.526. The zero-order valence-electron chi connectivity index (χ0n) is 16.1. The predicted molar refractivity (Wildman–Crippen MR) is 106 cm³/mol. The Balaban J connectivity index is 1.41. The summed E-state index contributed by atoms with van der Waals surface area (Å²) in [5, 5.41) is 7.37. The lowest BCUT2D eigenvalue weighted by Crippen LogP contribution is -2.24. The minimum atomic E-state index is -4.35. The number of carbonyl (C=O) groups excluding carboxylic acids is 2. The lowest BCUT2D eigenvalue weighted by molar-refractivity contribution is -0.176. The van der Waals surface area contributed by atoms with Crippen molar-refractivity contribution in [3.05, 3.63) is 70.6 Å². The number of nitrogens with one attached hydrogen (secondary N) is 2. The number of hydrogen-bond acceptors (Lipinski definition) is 6. The summed E-state index contributed by atoms with van der Waals surface area (Å²) >= 11 is 1.19. The van der Waals surface area contributed by atoms with Crippen molar-refractivity contribution >= 4 is 28.3 Å². The number of alkyl halides is 3. The first-order chi connectivity index (χ1) is 14.8. The molecule has 2 aromatic heterocycles. The number of aromatic nitrogens is 1. The molecule has 7 nitrogen and oxygen atoms in total. The molecule has 0 atom stereocenters. The molecule has 0 saturated carbocycles. The molecule has 11 heteroatoms. The highest BCUT2D eigenvalue weighted by molar-refractivity contribution is 7.14. The van der Waals surface area contributed by atoms with Gasteiger partial charge in [-0.25, -0.2) is 4.98 Å². The first-order valence-electron chi connectivity index (χ1n) is 9.07. The molecule has 2 heterocycles. The normalized spacial score (nSPS) is 11.3. The maximum Gasteiger partial charge on any atom is 0.411 e. The van der Waals surface area contributed by atoms with Gasteiger partial charge in [-0.05, 0) is 23.3 Å². The molecule has 0 unspecified atom stereocenters. The second kappa shape index (κ2) is 10.2. The lowest BCUT2D eigenvalue weighted by atomic mass is 10.1. The van der Waals surface area contributed by atoms with Crippen molar-refractivity contribution < 1.29 is 31.9 Å². The van der Waals surface area contributed by atoms with Crippen molar-refractivity contribution in [3.63, 3.8) is 0 Å². The van der Waals surface area contributed by atoms with Gasteiger partial charge in [0.05, 0.1) is 25.0 Å². The van der Waals surface area contributed by atoms with Crippen LogP contribution in [-0.2, 0) is 29.1 Å². The van der Waals surface area contributed by atoms with Crippen LogP contribution < -0.4 is 10.6 Å². The van der Waals surface area contributed by atoms with Crippen molar-refractivity contribution in [1.82, 2.24) is 10.3 Å². The van der Waals surface area contributed by atoms with Gasteiger partial charge in [0.15, 0.2) is 10.9 Å². The van der Waals surface area contributed by atoms with Crippen molar-refractivity contribution in [2.45, 2.75) is 25.7 Å². The molecule has 2 N–H and O–H groups in total. The number of furan rings is 1. The number of hydrogen-bond donors (Lipinski definition) is 2. The van der Waals surface area contributed by atoms with Crippen LogP contribution in [0.1, 0.15) is 27.4 Å².